The summed E-state index contributed by atoms with van der Waals surface area (Å²) in [6.07, 6.45) is 0. The highest BCUT2D eigenvalue weighted by Crippen LogP contribution is 2.44. The van der Waals surface area contributed by atoms with Crippen molar-refractivity contribution in [1.29, 1.82) is 0 Å². The molecule has 0 spiro atoms. The third kappa shape index (κ3) is 18.4. The van der Waals surface area contributed by atoms with Gasteiger partial charge in [0.15, 0.2) is 0 Å². The molecule has 0 unspecified atom stereocenters. The van der Waals surface area contributed by atoms with Crippen LogP contribution in [0.2, 0.25) is 0 Å². The number of phosphoric acid groups is 2. The maximum atomic E-state index is 10.3. The van der Waals surface area contributed by atoms with Gasteiger partial charge in [-0.1, -0.05) is 0 Å². The molecule has 0 saturated carbocycles. The van der Waals surface area contributed by atoms with Crippen LogP contribution in [0.4, 0.5) is 0 Å². The zero-order chi connectivity index (χ0) is 20.6. The highest BCUT2D eigenvalue weighted by atomic mass is 32.3. The second kappa shape index (κ2) is 9.61. The summed E-state index contributed by atoms with van der Waals surface area (Å²) < 4.78 is 49.8. The van der Waals surface area contributed by atoms with Crippen molar-refractivity contribution >= 4 is 44.0 Å². The Kier molecular flexibility index (Phi) is 9.77. The molecule has 0 bridgehead atoms. The van der Waals surface area contributed by atoms with E-state index in [4.69, 9.17) is 19.6 Å². The molecule has 0 aliphatic heterocycles. The van der Waals surface area contributed by atoms with Gasteiger partial charge in [-0.25, -0.2) is 18.8 Å². The second-order valence-corrected chi connectivity index (χ2v) is 6.99. The van der Waals surface area contributed by atoms with Crippen LogP contribution in [0.15, 0.2) is 0 Å². The van der Waals surface area contributed by atoms with E-state index in [2.05, 4.69) is 17.5 Å². The van der Waals surface area contributed by atoms with Crippen LogP contribution in [0.1, 0.15) is 6.92 Å². The van der Waals surface area contributed by atoms with Gasteiger partial charge in [-0.3, -0.25) is 9.59 Å². The van der Waals surface area contributed by atoms with E-state index in [1.807, 2.05) is 0 Å². The van der Waals surface area contributed by atoms with E-state index in [1.165, 1.54) is 0 Å². The maximum absolute atomic E-state index is 10.3. The molecule has 25 heavy (non-hydrogen) atoms. The summed E-state index contributed by atoms with van der Waals surface area (Å²) in [6, 6.07) is 0. The second-order valence-electron chi connectivity index (χ2n) is 3.02. The summed E-state index contributed by atoms with van der Waals surface area (Å²) in [6.45, 7) is 0.858. The van der Waals surface area contributed by atoms with Crippen LogP contribution < -0.4 is 0 Å². The SMILES string of the molecule is CC(=O)OC(=O)C(=O)O[N+](=O)[O-].O=P(O)(O)OS(=O)(=O)OP(=O)(O)O. The van der Waals surface area contributed by atoms with Gasteiger partial charge in [0.05, 0.1) is 0 Å². The Hall–Kier alpha value is -1.82. The molecule has 21 heteroatoms. The molecule has 0 amide bonds. The smallest absolute Gasteiger partial charge is 0.386 e. The van der Waals surface area contributed by atoms with Crippen LogP contribution in [0.3, 0.4) is 0 Å². The number of carbonyl (C=O) groups is 3. The van der Waals surface area contributed by atoms with Crippen molar-refractivity contribution in [1.82, 2.24) is 0 Å². The van der Waals surface area contributed by atoms with E-state index in [0.717, 1.165) is 6.92 Å². The van der Waals surface area contributed by atoms with Gasteiger partial charge in [0.2, 0.25) is 0 Å². The van der Waals surface area contributed by atoms with Crippen LogP contribution in [-0.2, 0) is 51.4 Å². The predicted octanol–water partition coefficient (Wildman–Crippen LogP) is -2.74. The van der Waals surface area contributed by atoms with Crippen molar-refractivity contribution in [2.45, 2.75) is 6.92 Å². The summed E-state index contributed by atoms with van der Waals surface area (Å²) in [5, 5.41) is 7.99. The van der Waals surface area contributed by atoms with E-state index in [9.17, 15) is 42.0 Å². The minimum atomic E-state index is -5.43. The Morgan fingerprint density at radius 3 is 1.56 bits per heavy atom. The summed E-state index contributed by atoms with van der Waals surface area (Å²) in [7, 11) is -16.3. The number of nitrogens with zero attached hydrogens (tertiary/aromatic N) is 1. The minimum absolute atomic E-state index is 0.858. The number of rotatable bonds is 5. The van der Waals surface area contributed by atoms with Crippen molar-refractivity contribution in [3.05, 3.63) is 10.1 Å². The zero-order valence-corrected chi connectivity index (χ0v) is 14.0. The fraction of sp³-hybridized carbons (Fsp3) is 0.250. The lowest BCUT2D eigenvalue weighted by Gasteiger charge is -2.05. The molecule has 0 saturated heterocycles. The Morgan fingerprint density at radius 1 is 0.960 bits per heavy atom. The number of hydrogen-bond donors (Lipinski definition) is 4. The molecule has 0 aliphatic rings. The first kappa shape index (κ1) is 25.4. The molecule has 146 valence electrons. The Balaban J connectivity index is 0. The van der Waals surface area contributed by atoms with Gasteiger partial charge in [-0.2, -0.15) is 8.42 Å². The van der Waals surface area contributed by atoms with Crippen molar-refractivity contribution in [3.8, 4) is 0 Å². The fourth-order valence-electron chi connectivity index (χ4n) is 0.529. The van der Waals surface area contributed by atoms with Gasteiger partial charge in [0.1, 0.15) is 0 Å². The molecule has 4 N–H and O–H groups in total. The molecule has 0 aromatic heterocycles. The zero-order valence-electron chi connectivity index (χ0n) is 11.3. The molecule has 0 radical (unpaired) electrons. The van der Waals surface area contributed by atoms with Gasteiger partial charge in [0, 0.05) is 6.92 Å². The van der Waals surface area contributed by atoms with E-state index >= 15 is 0 Å². The van der Waals surface area contributed by atoms with Gasteiger partial charge in [-0.05, 0) is 0 Å². The van der Waals surface area contributed by atoms with Gasteiger partial charge < -0.3 is 24.3 Å². The number of carbonyl (C=O) groups excluding carboxylic acids is 3. The van der Waals surface area contributed by atoms with E-state index in [0.29, 0.717) is 0 Å². The molecular formula is C4H7NO17P2S. The quantitative estimate of drug-likeness (QED) is 0.0850. The Bertz CT molecular complexity index is 668. The number of hydrogen-bond acceptors (Lipinski definition) is 13. The first-order valence-electron chi connectivity index (χ1n) is 4.72. The van der Waals surface area contributed by atoms with E-state index in [1.54, 1.807) is 0 Å². The van der Waals surface area contributed by atoms with Gasteiger partial charge in [-0.15, -0.1) is 18.1 Å². The standard InChI is InChI=1S/C4H3NO7.H4O10P2S/c1-2(6)11-3(7)4(8)12-5(9)10;1-11(2,3)9-13(7,8)10-12(4,5)6/h1H3;(H2,1,2,3)(H2,4,5,6). The summed E-state index contributed by atoms with van der Waals surface area (Å²) in [5.74, 6) is -4.63. The first-order chi connectivity index (χ1) is 10.8. The Morgan fingerprint density at radius 2 is 1.32 bits per heavy atom. The highest BCUT2D eigenvalue weighted by Gasteiger charge is 2.33. The third-order valence-corrected chi connectivity index (χ3v) is 3.95. The molecule has 0 atom stereocenters. The lowest BCUT2D eigenvalue weighted by Crippen LogP contribution is -2.24. The molecule has 0 aromatic carbocycles. The lowest BCUT2D eigenvalue weighted by molar-refractivity contribution is -0.728. The normalized spacial score (nSPS) is 11.6. The minimum Gasteiger partial charge on any atom is -0.386 e. The summed E-state index contributed by atoms with van der Waals surface area (Å²) in [5.41, 5.74) is 0. The number of ether oxygens (including phenoxy) is 1. The molecule has 0 fully saturated rings. The fourth-order valence-corrected chi connectivity index (χ4v) is 2.79. The van der Waals surface area contributed by atoms with Crippen molar-refractivity contribution < 1.29 is 74.1 Å². The van der Waals surface area contributed by atoms with Crippen molar-refractivity contribution in [2.75, 3.05) is 0 Å². The van der Waals surface area contributed by atoms with Crippen LogP contribution in [-0.4, -0.2) is 51.0 Å². The lowest BCUT2D eigenvalue weighted by atomic mass is 10.7. The topological polar surface area (TPSA) is 280 Å². The molecule has 0 rings (SSSR count). The molecule has 18 nitrogen and oxygen atoms in total. The Labute approximate surface area is 136 Å². The average molecular weight is 435 g/mol. The largest absolute Gasteiger partial charge is 0.486 e. The summed E-state index contributed by atoms with van der Waals surface area (Å²) in [4.78, 5) is 74.8. The molecule has 0 heterocycles. The van der Waals surface area contributed by atoms with Crippen LogP contribution in [0.5, 0.6) is 0 Å². The van der Waals surface area contributed by atoms with Gasteiger partial charge >= 0.3 is 49.0 Å². The molecular weight excluding hydrogens is 428 g/mol. The van der Waals surface area contributed by atoms with Crippen LogP contribution in [0.25, 0.3) is 0 Å². The van der Waals surface area contributed by atoms with Crippen LogP contribution >= 0.6 is 15.6 Å². The molecule has 0 aromatic rings. The first-order valence-corrected chi connectivity index (χ1v) is 9.11. The molecule has 0 aliphatic carbocycles. The maximum Gasteiger partial charge on any atom is 0.486 e. The summed E-state index contributed by atoms with van der Waals surface area (Å²) >= 11 is 0. The van der Waals surface area contributed by atoms with Crippen LogP contribution in [0, 0.1) is 10.1 Å². The van der Waals surface area contributed by atoms with Crippen molar-refractivity contribution in [2.24, 2.45) is 0 Å². The van der Waals surface area contributed by atoms with Crippen molar-refractivity contribution in [3.63, 3.8) is 0 Å². The van der Waals surface area contributed by atoms with E-state index in [-0.39, 0.29) is 0 Å². The average Bonchev–Trinajstić information content (AvgIpc) is 2.19. The third-order valence-electron chi connectivity index (χ3n) is 0.937. The monoisotopic (exact) mass is 435 g/mol. The van der Waals surface area contributed by atoms with E-state index < -0.39 is 49.0 Å². The number of esters is 2. The highest BCUT2D eigenvalue weighted by molar-refractivity contribution is 7.89. The predicted molar refractivity (Wildman–Crippen MR) is 65.0 cm³/mol. The van der Waals surface area contributed by atoms with Gasteiger partial charge in [0.25, 0.3) is 0 Å².